The van der Waals surface area contributed by atoms with Crippen molar-refractivity contribution in [2.45, 2.75) is 50.4 Å². The number of alkyl halides is 3. The summed E-state index contributed by atoms with van der Waals surface area (Å²) in [4.78, 5) is 43.1. The van der Waals surface area contributed by atoms with Crippen molar-refractivity contribution in [3.63, 3.8) is 0 Å². The summed E-state index contributed by atoms with van der Waals surface area (Å²) in [7, 11) is -2.96. The first-order chi connectivity index (χ1) is 25.1. The van der Waals surface area contributed by atoms with Crippen molar-refractivity contribution in [3.05, 3.63) is 106 Å². The van der Waals surface area contributed by atoms with Crippen molar-refractivity contribution in [2.24, 2.45) is 5.28 Å². The summed E-state index contributed by atoms with van der Waals surface area (Å²) in [5, 5.41) is 20.6. The number of hydrogen-bond acceptors (Lipinski definition) is 10. The fourth-order valence-electron chi connectivity index (χ4n) is 5.24. The second-order valence-electron chi connectivity index (χ2n) is 11.9. The van der Waals surface area contributed by atoms with E-state index in [1.54, 1.807) is 41.1 Å². The summed E-state index contributed by atoms with van der Waals surface area (Å²) in [5.41, 5.74) is 1.00. The molecule has 1 unspecified atom stereocenters. The van der Waals surface area contributed by atoms with Crippen molar-refractivity contribution in [3.8, 4) is 16.9 Å². The predicted molar refractivity (Wildman–Crippen MR) is 180 cm³/mol. The highest BCUT2D eigenvalue weighted by molar-refractivity contribution is 7.90. The number of aromatic nitrogens is 2. The molecule has 53 heavy (non-hydrogen) atoms. The van der Waals surface area contributed by atoms with Gasteiger partial charge < -0.3 is 14.8 Å². The van der Waals surface area contributed by atoms with Crippen LogP contribution in [0.25, 0.3) is 16.9 Å². The molecule has 280 valence electrons. The van der Waals surface area contributed by atoms with E-state index in [9.17, 15) is 41.2 Å². The normalized spacial score (nSPS) is 13.8. The highest BCUT2D eigenvalue weighted by Gasteiger charge is 2.40. The van der Waals surface area contributed by atoms with Gasteiger partial charge in [-0.2, -0.15) is 18.3 Å². The number of benzene rings is 3. The lowest BCUT2D eigenvalue weighted by Crippen LogP contribution is -2.39. The number of sulfonamides is 1. The number of nitrogens with zero attached hydrogens (tertiary/aromatic N) is 6. The van der Waals surface area contributed by atoms with Gasteiger partial charge in [-0.15, -0.1) is 5.01 Å². The number of rotatable bonds is 14. The van der Waals surface area contributed by atoms with Crippen LogP contribution in [0.4, 0.5) is 18.0 Å². The van der Waals surface area contributed by atoms with Crippen LogP contribution < -0.4 is 4.72 Å². The molecule has 15 nitrogen and oxygen atoms in total. The topological polar surface area (TPSA) is 179 Å². The Hall–Kier alpha value is -5.98. The lowest BCUT2D eigenvalue weighted by atomic mass is 10.1. The van der Waals surface area contributed by atoms with Crippen LogP contribution >= 0.6 is 0 Å². The van der Waals surface area contributed by atoms with Gasteiger partial charge in [-0.25, -0.2) is 27.5 Å². The van der Waals surface area contributed by atoms with E-state index in [0.717, 1.165) is 33.3 Å². The Morgan fingerprint density at radius 2 is 1.62 bits per heavy atom. The molecule has 1 aliphatic heterocycles. The van der Waals surface area contributed by atoms with Gasteiger partial charge >= 0.3 is 12.3 Å². The third-order valence-electron chi connectivity index (χ3n) is 8.07. The number of fused-ring (bicyclic) bond motifs is 1. The maximum absolute atomic E-state index is 13.5. The lowest BCUT2D eigenvalue weighted by Gasteiger charge is -2.19. The zero-order valence-electron chi connectivity index (χ0n) is 28.6. The number of amides is 3. The molecule has 0 spiro atoms. The van der Waals surface area contributed by atoms with Crippen molar-refractivity contribution >= 4 is 27.9 Å². The first kappa shape index (κ1) is 38.3. The smallest absolute Gasteiger partial charge is 0.435 e. The van der Waals surface area contributed by atoms with Crippen LogP contribution in [0, 0.1) is 12.1 Å². The summed E-state index contributed by atoms with van der Waals surface area (Å²) in [6, 6.07) is 18.7. The fraction of sp³-hybridized carbons (Fsp3) is 0.294. The fourth-order valence-corrected chi connectivity index (χ4v) is 6.13. The molecular weight excluding hydrogens is 723 g/mol. The molecule has 4 aromatic rings. The molecule has 3 aromatic carbocycles. The average molecular weight is 758 g/mol. The molecule has 0 aliphatic carbocycles. The SMILES string of the molecule is Cc1ccc(-c2cc(C(F)(F)F)nn2-c2ccc(S(=O)(=O)NC(=O)OCCCCCN(C)[N+]([O-])=NOC(C)N3C(=O)c4ccccc4C3=O)cc2)cc1. The molecule has 0 bridgehead atoms. The van der Waals surface area contributed by atoms with E-state index in [0.29, 0.717) is 24.8 Å². The van der Waals surface area contributed by atoms with Crippen LogP contribution in [-0.4, -0.2) is 77.4 Å². The van der Waals surface area contributed by atoms with E-state index in [4.69, 9.17) is 9.57 Å². The quantitative estimate of drug-likeness (QED) is 0.0541. The molecule has 1 aromatic heterocycles. The van der Waals surface area contributed by atoms with Gasteiger partial charge in [-0.3, -0.25) is 9.59 Å². The van der Waals surface area contributed by atoms with Crippen LogP contribution in [0.1, 0.15) is 58.2 Å². The van der Waals surface area contributed by atoms with Crippen molar-refractivity contribution in [1.29, 1.82) is 0 Å². The Morgan fingerprint density at radius 3 is 2.23 bits per heavy atom. The van der Waals surface area contributed by atoms with Crippen LogP contribution in [0.3, 0.4) is 0 Å². The molecule has 0 radical (unpaired) electrons. The minimum atomic E-state index is -4.71. The van der Waals surface area contributed by atoms with E-state index < -0.39 is 46.0 Å². The van der Waals surface area contributed by atoms with Crippen LogP contribution in [-0.2, 0) is 25.8 Å². The lowest BCUT2D eigenvalue weighted by molar-refractivity contribution is -0.707. The monoisotopic (exact) mass is 757 g/mol. The van der Waals surface area contributed by atoms with Gasteiger partial charge in [0.15, 0.2) is 5.69 Å². The molecule has 2 heterocycles. The maximum Gasteiger partial charge on any atom is 0.435 e. The van der Waals surface area contributed by atoms with Crippen molar-refractivity contribution < 1.29 is 50.5 Å². The Morgan fingerprint density at radius 1 is 1.00 bits per heavy atom. The van der Waals surface area contributed by atoms with E-state index >= 15 is 0 Å². The third-order valence-corrected chi connectivity index (χ3v) is 9.39. The number of hydrazine groups is 1. The number of carbonyl (C=O) groups excluding carboxylic acids is 3. The number of hydrogen-bond donors (Lipinski definition) is 1. The Balaban J connectivity index is 1.06. The highest BCUT2D eigenvalue weighted by atomic mass is 32.2. The Labute approximate surface area is 301 Å². The Kier molecular flexibility index (Phi) is 11.3. The zero-order valence-corrected chi connectivity index (χ0v) is 29.4. The number of nitrogens with one attached hydrogen (secondary N) is 1. The second kappa shape index (κ2) is 15.7. The van der Waals surface area contributed by atoms with E-state index in [1.165, 1.54) is 43.2 Å². The van der Waals surface area contributed by atoms with Crippen LogP contribution in [0.2, 0.25) is 0 Å². The molecule has 1 atom stereocenters. The van der Waals surface area contributed by atoms with E-state index in [2.05, 4.69) is 10.4 Å². The number of carbonyl (C=O) groups is 3. The minimum absolute atomic E-state index is 0.140. The number of ether oxygens (including phenoxy) is 1. The molecular formula is C34H34F3N7O8S. The summed E-state index contributed by atoms with van der Waals surface area (Å²) >= 11 is 0. The van der Waals surface area contributed by atoms with Gasteiger partial charge in [-0.05, 0) is 75.6 Å². The van der Waals surface area contributed by atoms with Crippen molar-refractivity contribution in [2.75, 3.05) is 20.2 Å². The van der Waals surface area contributed by atoms with Gasteiger partial charge in [0, 0.05) is 5.56 Å². The number of imide groups is 1. The molecule has 19 heteroatoms. The van der Waals surface area contributed by atoms with E-state index in [-0.39, 0.29) is 45.5 Å². The average Bonchev–Trinajstić information content (AvgIpc) is 3.68. The van der Waals surface area contributed by atoms with Crippen LogP contribution in [0.5, 0.6) is 0 Å². The molecule has 3 amide bonds. The van der Waals surface area contributed by atoms with Gasteiger partial charge in [0.25, 0.3) is 21.8 Å². The second-order valence-corrected chi connectivity index (χ2v) is 13.6. The first-order valence-corrected chi connectivity index (χ1v) is 17.6. The summed E-state index contributed by atoms with van der Waals surface area (Å²) in [5.74, 6) is -1.12. The Bertz CT molecular complexity index is 2090. The third kappa shape index (κ3) is 8.91. The number of aryl methyl sites for hydroxylation is 1. The van der Waals surface area contributed by atoms with Crippen LogP contribution in [0.15, 0.2) is 89.0 Å². The molecule has 1 N–H and O–H groups in total. The summed E-state index contributed by atoms with van der Waals surface area (Å²) < 4.78 is 74.0. The molecule has 0 fully saturated rings. The maximum atomic E-state index is 13.5. The largest absolute Gasteiger partial charge is 0.569 e. The molecule has 0 saturated heterocycles. The van der Waals surface area contributed by atoms with Gasteiger partial charge in [-0.1, -0.05) is 42.0 Å². The summed E-state index contributed by atoms with van der Waals surface area (Å²) in [6.45, 7) is 3.30. The summed E-state index contributed by atoms with van der Waals surface area (Å²) in [6.07, 6.45) is -5.85. The molecule has 5 rings (SSSR count). The number of unbranched alkanes of at least 4 members (excludes halogenated alkanes) is 2. The minimum Gasteiger partial charge on any atom is -0.569 e. The zero-order chi connectivity index (χ0) is 38.5. The van der Waals surface area contributed by atoms with Crippen molar-refractivity contribution in [1.82, 2.24) is 24.4 Å². The molecule has 0 saturated carbocycles. The number of halogens is 3. The predicted octanol–water partition coefficient (Wildman–Crippen LogP) is 5.83. The highest BCUT2D eigenvalue weighted by Crippen LogP contribution is 2.33. The van der Waals surface area contributed by atoms with Gasteiger partial charge in [0.1, 0.15) is 0 Å². The first-order valence-electron chi connectivity index (χ1n) is 16.1. The van der Waals surface area contributed by atoms with Gasteiger partial charge in [0.05, 0.1) is 52.6 Å². The van der Waals surface area contributed by atoms with E-state index in [1.807, 2.05) is 6.92 Å². The molecule has 1 aliphatic rings. The van der Waals surface area contributed by atoms with Gasteiger partial charge in [0.2, 0.25) is 11.5 Å². The standard InChI is InChI=1S/C34H34F3N7O8S/c1-22-11-13-24(14-12-22)29-21-30(34(35,36)37)38-43(29)25-15-17-26(18-16-25)53(49,50)39-33(47)51-20-8-4-7-19-41(3)44(48)40-52-23(2)42-31(45)27-9-5-6-10-28(27)32(42)46/h5-6,9-18,21,23H,4,7-8,19-20H2,1-3H3,(H,39,47).